The zero-order chi connectivity index (χ0) is 14.6. The summed E-state index contributed by atoms with van der Waals surface area (Å²) in [6.45, 7) is 0.281. The molecule has 0 bridgehead atoms. The van der Waals surface area contributed by atoms with Gasteiger partial charge in [-0.15, -0.1) is 0 Å². The van der Waals surface area contributed by atoms with Gasteiger partial charge in [0.25, 0.3) is 0 Å². The molecule has 106 valence electrons. The van der Waals surface area contributed by atoms with Crippen molar-refractivity contribution in [2.75, 3.05) is 23.9 Å². The fourth-order valence-corrected chi connectivity index (χ4v) is 2.59. The molecule has 0 aliphatic heterocycles. The highest BCUT2D eigenvalue weighted by atomic mass is 79.9. The number of rotatable bonds is 6. The molecule has 0 aromatic heterocycles. The molecule has 5 nitrogen and oxygen atoms in total. The zero-order valence-electron chi connectivity index (χ0n) is 10.1. The smallest absolute Gasteiger partial charge is 0.336 e. The SMILES string of the molecule is CS(=O)(=O)CCCNc1ccc(C(=O)O)c(Br)c1F. The predicted molar refractivity (Wildman–Crippen MR) is 73.9 cm³/mol. The van der Waals surface area contributed by atoms with Crippen LogP contribution in [0.15, 0.2) is 16.6 Å². The second-order valence-electron chi connectivity index (χ2n) is 4.00. The van der Waals surface area contributed by atoms with Crippen molar-refractivity contribution in [1.29, 1.82) is 0 Å². The van der Waals surface area contributed by atoms with Crippen molar-refractivity contribution >= 4 is 37.4 Å². The molecule has 0 saturated heterocycles. The van der Waals surface area contributed by atoms with Crippen LogP contribution in [0.5, 0.6) is 0 Å². The lowest BCUT2D eigenvalue weighted by Gasteiger charge is -2.09. The van der Waals surface area contributed by atoms with E-state index >= 15 is 0 Å². The molecular formula is C11H13BrFNO4S. The molecule has 0 fully saturated rings. The molecule has 0 aliphatic rings. The summed E-state index contributed by atoms with van der Waals surface area (Å²) in [6.07, 6.45) is 1.47. The molecule has 0 amide bonds. The number of carbonyl (C=O) groups is 1. The molecule has 0 atom stereocenters. The summed E-state index contributed by atoms with van der Waals surface area (Å²) in [5.74, 6) is -1.93. The second kappa shape index (κ2) is 6.33. The third kappa shape index (κ3) is 4.79. The van der Waals surface area contributed by atoms with Gasteiger partial charge in [-0.3, -0.25) is 0 Å². The first kappa shape index (κ1) is 15.9. The van der Waals surface area contributed by atoms with Crippen molar-refractivity contribution in [3.63, 3.8) is 0 Å². The third-order valence-electron chi connectivity index (χ3n) is 2.32. The molecule has 0 aliphatic carbocycles. The first-order valence-corrected chi connectivity index (χ1v) is 8.20. The molecule has 0 radical (unpaired) electrons. The average molecular weight is 354 g/mol. The van der Waals surface area contributed by atoms with E-state index in [-0.39, 0.29) is 28.0 Å². The van der Waals surface area contributed by atoms with Gasteiger partial charge in [0, 0.05) is 12.8 Å². The van der Waals surface area contributed by atoms with Crippen LogP contribution in [0.1, 0.15) is 16.8 Å². The van der Waals surface area contributed by atoms with Gasteiger partial charge in [-0.25, -0.2) is 17.6 Å². The quantitative estimate of drug-likeness (QED) is 0.765. The van der Waals surface area contributed by atoms with Crippen molar-refractivity contribution in [2.24, 2.45) is 0 Å². The van der Waals surface area contributed by atoms with Crippen LogP contribution < -0.4 is 5.32 Å². The summed E-state index contributed by atoms with van der Waals surface area (Å²) < 4.78 is 35.5. The number of anilines is 1. The standard InChI is InChI=1S/C11H13BrFNO4S/c1-19(17,18)6-2-5-14-8-4-3-7(11(15)16)9(12)10(8)13/h3-4,14H,2,5-6H2,1H3,(H,15,16). The fraction of sp³-hybridized carbons (Fsp3) is 0.364. The lowest BCUT2D eigenvalue weighted by Crippen LogP contribution is -2.11. The number of carboxylic acids is 1. The predicted octanol–water partition coefficient (Wildman–Crippen LogP) is 2.13. The summed E-state index contributed by atoms with van der Waals surface area (Å²) >= 11 is 2.88. The second-order valence-corrected chi connectivity index (χ2v) is 7.06. The Hall–Kier alpha value is -1.15. The Bertz CT molecular complexity index is 589. The van der Waals surface area contributed by atoms with Crippen molar-refractivity contribution in [3.8, 4) is 0 Å². The molecular weight excluding hydrogens is 341 g/mol. The topological polar surface area (TPSA) is 83.5 Å². The van der Waals surface area contributed by atoms with E-state index in [0.717, 1.165) is 6.26 Å². The minimum absolute atomic E-state index is 0.00992. The molecule has 0 spiro atoms. The van der Waals surface area contributed by atoms with Crippen LogP contribution in [-0.2, 0) is 9.84 Å². The van der Waals surface area contributed by atoms with Gasteiger partial charge in [-0.2, -0.15) is 0 Å². The van der Waals surface area contributed by atoms with Crippen molar-refractivity contribution < 1.29 is 22.7 Å². The minimum atomic E-state index is -3.04. The molecule has 1 aromatic carbocycles. The Morgan fingerprint density at radius 2 is 2.11 bits per heavy atom. The van der Waals surface area contributed by atoms with E-state index in [1.165, 1.54) is 12.1 Å². The van der Waals surface area contributed by atoms with Gasteiger partial charge in [0.1, 0.15) is 9.84 Å². The van der Waals surface area contributed by atoms with E-state index < -0.39 is 21.6 Å². The van der Waals surface area contributed by atoms with Gasteiger partial charge < -0.3 is 10.4 Å². The highest BCUT2D eigenvalue weighted by molar-refractivity contribution is 9.10. The van der Waals surface area contributed by atoms with Gasteiger partial charge in [0.05, 0.1) is 21.5 Å². The molecule has 0 saturated carbocycles. The van der Waals surface area contributed by atoms with Gasteiger partial charge >= 0.3 is 5.97 Å². The van der Waals surface area contributed by atoms with Gasteiger partial charge in [0.2, 0.25) is 0 Å². The normalized spacial score (nSPS) is 11.3. The summed E-state index contributed by atoms with van der Waals surface area (Å²) in [4.78, 5) is 10.8. The summed E-state index contributed by atoms with van der Waals surface area (Å²) in [5.41, 5.74) is -0.0374. The molecule has 2 N–H and O–H groups in total. The van der Waals surface area contributed by atoms with Gasteiger partial charge in [-0.1, -0.05) is 0 Å². The van der Waals surface area contributed by atoms with Crippen molar-refractivity contribution in [3.05, 3.63) is 28.0 Å². The Labute approximate surface area is 118 Å². The first-order chi connectivity index (χ1) is 8.72. The molecule has 19 heavy (non-hydrogen) atoms. The maximum absolute atomic E-state index is 13.8. The maximum Gasteiger partial charge on any atom is 0.336 e. The maximum atomic E-state index is 13.8. The van der Waals surface area contributed by atoms with E-state index in [9.17, 15) is 17.6 Å². The minimum Gasteiger partial charge on any atom is -0.478 e. The van der Waals surface area contributed by atoms with Crippen LogP contribution in [0.3, 0.4) is 0 Å². The third-order valence-corrected chi connectivity index (χ3v) is 4.13. The number of carboxylic acid groups (broad SMARTS) is 1. The number of benzene rings is 1. The Balaban J connectivity index is 2.71. The van der Waals surface area contributed by atoms with E-state index in [1.807, 2.05) is 0 Å². The summed E-state index contributed by atoms with van der Waals surface area (Å²) in [7, 11) is -3.04. The van der Waals surface area contributed by atoms with E-state index in [0.29, 0.717) is 6.42 Å². The van der Waals surface area contributed by atoms with Gasteiger partial charge in [0.15, 0.2) is 5.82 Å². The molecule has 8 heteroatoms. The lowest BCUT2D eigenvalue weighted by molar-refractivity contribution is 0.0695. The average Bonchev–Trinajstić information content (AvgIpc) is 2.28. The van der Waals surface area contributed by atoms with Crippen LogP contribution in [0, 0.1) is 5.82 Å². The van der Waals surface area contributed by atoms with E-state index in [1.54, 1.807) is 0 Å². The van der Waals surface area contributed by atoms with Crippen LogP contribution in [0.25, 0.3) is 0 Å². The summed E-state index contributed by atoms with van der Waals surface area (Å²) in [6, 6.07) is 2.58. The van der Waals surface area contributed by atoms with Gasteiger partial charge in [-0.05, 0) is 34.5 Å². The fourth-order valence-electron chi connectivity index (χ4n) is 1.41. The van der Waals surface area contributed by atoms with Crippen LogP contribution in [0.4, 0.5) is 10.1 Å². The number of hydrogen-bond acceptors (Lipinski definition) is 4. The lowest BCUT2D eigenvalue weighted by atomic mass is 10.2. The number of nitrogens with one attached hydrogen (secondary N) is 1. The number of hydrogen-bond donors (Lipinski definition) is 2. The van der Waals surface area contributed by atoms with Crippen LogP contribution in [-0.4, -0.2) is 38.0 Å². The number of sulfone groups is 1. The summed E-state index contributed by atoms with van der Waals surface area (Å²) in [5, 5.41) is 11.5. The highest BCUT2D eigenvalue weighted by Crippen LogP contribution is 2.27. The zero-order valence-corrected chi connectivity index (χ0v) is 12.5. The number of aromatic carboxylic acids is 1. The van der Waals surface area contributed by atoms with Crippen LogP contribution >= 0.6 is 15.9 Å². The highest BCUT2D eigenvalue weighted by Gasteiger charge is 2.15. The number of halogens is 2. The van der Waals surface area contributed by atoms with Crippen molar-refractivity contribution in [1.82, 2.24) is 0 Å². The molecule has 0 heterocycles. The Kier molecular flexibility index (Phi) is 5.30. The Morgan fingerprint density at radius 1 is 1.47 bits per heavy atom. The molecule has 0 unspecified atom stereocenters. The molecule has 1 aromatic rings. The monoisotopic (exact) mass is 353 g/mol. The first-order valence-electron chi connectivity index (χ1n) is 5.35. The van der Waals surface area contributed by atoms with Crippen LogP contribution in [0.2, 0.25) is 0 Å². The van der Waals surface area contributed by atoms with E-state index in [4.69, 9.17) is 5.11 Å². The van der Waals surface area contributed by atoms with Crippen molar-refractivity contribution in [2.45, 2.75) is 6.42 Å². The largest absolute Gasteiger partial charge is 0.478 e. The van der Waals surface area contributed by atoms with E-state index in [2.05, 4.69) is 21.2 Å². The Morgan fingerprint density at radius 3 is 2.63 bits per heavy atom. The molecule has 1 rings (SSSR count).